The molecule has 0 radical (unpaired) electrons. The number of carbonyl (C=O) groups excluding carboxylic acids is 2. The Morgan fingerprint density at radius 3 is 2.00 bits per heavy atom. The summed E-state index contributed by atoms with van der Waals surface area (Å²) in [5.41, 5.74) is -0.435. The molecule has 6 nitrogen and oxygen atoms in total. The highest BCUT2D eigenvalue weighted by Crippen LogP contribution is 2.42. The molecule has 6 atom stereocenters. The van der Waals surface area contributed by atoms with Crippen LogP contribution in [0.15, 0.2) is 0 Å². The number of fused-ring (bicyclic) bond motifs is 4. The summed E-state index contributed by atoms with van der Waals surface area (Å²) in [6.45, 7) is 4.66. The van der Waals surface area contributed by atoms with E-state index in [1.807, 2.05) is 18.7 Å². The van der Waals surface area contributed by atoms with Crippen LogP contribution < -0.4 is 5.32 Å². The molecule has 4 aliphatic heterocycles. The van der Waals surface area contributed by atoms with Crippen molar-refractivity contribution in [2.45, 2.75) is 101 Å². The molecule has 0 aromatic heterocycles. The normalized spacial score (nSPS) is 39.8. The number of carbonyl (C=O) groups is 2. The van der Waals surface area contributed by atoms with E-state index in [2.05, 4.69) is 5.32 Å². The maximum absolute atomic E-state index is 13.3. The van der Waals surface area contributed by atoms with Crippen LogP contribution in [-0.4, -0.2) is 59.3 Å². The molecule has 0 aromatic carbocycles. The zero-order chi connectivity index (χ0) is 18.8. The van der Waals surface area contributed by atoms with Gasteiger partial charge in [0, 0.05) is 12.6 Å². The number of ether oxygens (including phenoxy) is 2. The molecule has 5 fully saturated rings. The maximum atomic E-state index is 13.3. The highest BCUT2D eigenvalue weighted by Gasteiger charge is 2.49. The average molecular weight is 376 g/mol. The van der Waals surface area contributed by atoms with Crippen LogP contribution in [0.2, 0.25) is 0 Å². The fourth-order valence-electron chi connectivity index (χ4n) is 5.69. The monoisotopic (exact) mass is 376 g/mol. The molecule has 4 heterocycles. The topological polar surface area (TPSA) is 67.9 Å². The third kappa shape index (κ3) is 3.39. The molecular formula is C21H32N2O4. The third-order valence-corrected chi connectivity index (χ3v) is 7.16. The van der Waals surface area contributed by atoms with Crippen LogP contribution in [0.1, 0.15) is 65.2 Å². The van der Waals surface area contributed by atoms with Crippen LogP contribution in [0.3, 0.4) is 0 Å². The summed E-state index contributed by atoms with van der Waals surface area (Å²) in [4.78, 5) is 28.1. The molecule has 0 unspecified atom stereocenters. The molecule has 1 saturated carbocycles. The summed E-state index contributed by atoms with van der Waals surface area (Å²) in [5, 5.41) is 3.23. The van der Waals surface area contributed by atoms with Gasteiger partial charge < -0.3 is 19.7 Å². The van der Waals surface area contributed by atoms with E-state index >= 15 is 0 Å². The number of amides is 2. The molecule has 4 saturated heterocycles. The zero-order valence-electron chi connectivity index (χ0n) is 16.5. The average Bonchev–Trinajstić information content (AvgIpc) is 3.03. The molecule has 6 heteroatoms. The second kappa shape index (κ2) is 6.45. The Morgan fingerprint density at radius 1 is 0.926 bits per heavy atom. The predicted molar refractivity (Wildman–Crippen MR) is 99.0 cm³/mol. The zero-order valence-corrected chi connectivity index (χ0v) is 16.5. The van der Waals surface area contributed by atoms with Crippen LogP contribution in [0, 0.1) is 11.8 Å². The summed E-state index contributed by atoms with van der Waals surface area (Å²) >= 11 is 0. The van der Waals surface area contributed by atoms with Crippen molar-refractivity contribution in [1.82, 2.24) is 10.2 Å². The Balaban J connectivity index is 1.22. The van der Waals surface area contributed by atoms with E-state index in [1.54, 1.807) is 0 Å². The summed E-state index contributed by atoms with van der Waals surface area (Å²) in [6, 6.07) is 0.346. The molecule has 0 aromatic rings. The minimum absolute atomic E-state index is 0.0212. The lowest BCUT2D eigenvalue weighted by molar-refractivity contribution is -0.140. The van der Waals surface area contributed by atoms with Gasteiger partial charge >= 0.3 is 0 Å². The van der Waals surface area contributed by atoms with Gasteiger partial charge in [0.05, 0.1) is 41.8 Å². The first-order valence-electron chi connectivity index (χ1n) is 10.8. The predicted octanol–water partition coefficient (Wildman–Crippen LogP) is 2.01. The minimum Gasteiger partial charge on any atom is -0.374 e. The van der Waals surface area contributed by atoms with Crippen LogP contribution in [0.5, 0.6) is 0 Å². The Labute approximate surface area is 161 Å². The summed E-state index contributed by atoms with van der Waals surface area (Å²) in [7, 11) is 0. The van der Waals surface area contributed by atoms with Crippen molar-refractivity contribution in [3.05, 3.63) is 0 Å². The lowest BCUT2D eigenvalue weighted by atomic mass is 9.87. The first-order valence-corrected chi connectivity index (χ1v) is 10.8. The quantitative estimate of drug-likeness (QED) is 0.770. The number of nitrogens with zero attached hydrogens (tertiary/aromatic N) is 1. The van der Waals surface area contributed by atoms with E-state index in [4.69, 9.17) is 9.47 Å². The molecule has 150 valence electrons. The fraction of sp³-hybridized carbons (Fsp3) is 0.905. The van der Waals surface area contributed by atoms with Gasteiger partial charge in [0.25, 0.3) is 0 Å². The minimum atomic E-state index is -0.435. The first kappa shape index (κ1) is 17.9. The molecule has 27 heavy (non-hydrogen) atoms. The van der Waals surface area contributed by atoms with Crippen LogP contribution >= 0.6 is 0 Å². The van der Waals surface area contributed by atoms with E-state index in [1.165, 1.54) is 0 Å². The highest BCUT2D eigenvalue weighted by molar-refractivity contribution is 5.82. The van der Waals surface area contributed by atoms with Crippen molar-refractivity contribution in [3.63, 3.8) is 0 Å². The van der Waals surface area contributed by atoms with E-state index < -0.39 is 5.54 Å². The SMILES string of the molecule is CC(C)(CN(C(=O)[C@@H]1C[C@H]2CC[C@H]1O2)C1CC1)NC(=O)[C@H]1C[C@H]2CC[C@H]1O2. The third-order valence-electron chi connectivity index (χ3n) is 7.16. The van der Waals surface area contributed by atoms with Gasteiger partial charge in [0.1, 0.15) is 0 Å². The van der Waals surface area contributed by atoms with E-state index in [0.717, 1.165) is 51.4 Å². The fourth-order valence-corrected chi connectivity index (χ4v) is 5.69. The lowest BCUT2D eigenvalue weighted by Gasteiger charge is -2.37. The van der Waals surface area contributed by atoms with Gasteiger partial charge in [-0.2, -0.15) is 0 Å². The van der Waals surface area contributed by atoms with Crippen molar-refractivity contribution in [2.75, 3.05) is 6.54 Å². The Kier molecular flexibility index (Phi) is 4.28. The van der Waals surface area contributed by atoms with Crippen molar-refractivity contribution in [1.29, 1.82) is 0 Å². The Morgan fingerprint density at radius 2 is 1.52 bits per heavy atom. The maximum Gasteiger partial charge on any atom is 0.228 e. The first-order chi connectivity index (χ1) is 12.9. The van der Waals surface area contributed by atoms with Gasteiger partial charge in [-0.1, -0.05) is 0 Å². The second-order valence-corrected chi connectivity index (χ2v) is 10.0. The van der Waals surface area contributed by atoms with Gasteiger partial charge in [0.2, 0.25) is 11.8 Å². The lowest BCUT2D eigenvalue weighted by Crippen LogP contribution is -2.56. The Hall–Kier alpha value is -1.14. The van der Waals surface area contributed by atoms with Gasteiger partial charge in [-0.05, 0) is 65.2 Å². The molecule has 2 amide bonds. The number of hydrogen-bond acceptors (Lipinski definition) is 4. The van der Waals surface area contributed by atoms with Gasteiger partial charge in [-0.15, -0.1) is 0 Å². The van der Waals surface area contributed by atoms with Crippen LogP contribution in [0.25, 0.3) is 0 Å². The molecule has 4 bridgehead atoms. The highest BCUT2D eigenvalue weighted by atomic mass is 16.5. The van der Waals surface area contributed by atoms with Crippen molar-refractivity contribution in [3.8, 4) is 0 Å². The molecule has 1 aliphatic carbocycles. The second-order valence-electron chi connectivity index (χ2n) is 10.0. The number of nitrogens with one attached hydrogen (secondary N) is 1. The van der Waals surface area contributed by atoms with Crippen molar-refractivity contribution < 1.29 is 19.1 Å². The summed E-state index contributed by atoms with van der Waals surface area (Å²) in [5.74, 6) is 0.343. The standard InChI is InChI=1S/C21H32N2O4/c1-21(2,22-19(24)15-9-13-5-7-17(15)26-13)11-23(12-3-4-12)20(25)16-10-14-6-8-18(16)27-14/h12-18H,3-11H2,1-2H3,(H,22,24)/t13-,14-,15+,16-,17-,18-/m1/s1. The van der Waals surface area contributed by atoms with Gasteiger partial charge in [-0.25, -0.2) is 0 Å². The Bertz CT molecular complexity index is 632. The van der Waals surface area contributed by atoms with Crippen LogP contribution in [-0.2, 0) is 19.1 Å². The van der Waals surface area contributed by atoms with E-state index in [-0.39, 0.29) is 48.1 Å². The smallest absolute Gasteiger partial charge is 0.228 e. The van der Waals surface area contributed by atoms with E-state index in [0.29, 0.717) is 12.6 Å². The number of rotatable bonds is 6. The molecule has 5 aliphatic rings. The van der Waals surface area contributed by atoms with E-state index in [9.17, 15) is 9.59 Å². The van der Waals surface area contributed by atoms with Crippen molar-refractivity contribution in [2.24, 2.45) is 11.8 Å². The largest absolute Gasteiger partial charge is 0.374 e. The molecule has 1 N–H and O–H groups in total. The summed E-state index contributed by atoms with van der Waals surface area (Å²) in [6.07, 6.45) is 8.87. The molecular weight excluding hydrogens is 344 g/mol. The van der Waals surface area contributed by atoms with Gasteiger partial charge in [0.15, 0.2) is 0 Å². The molecule has 0 spiro atoms. The molecule has 5 rings (SSSR count). The van der Waals surface area contributed by atoms with Gasteiger partial charge in [-0.3, -0.25) is 9.59 Å². The van der Waals surface area contributed by atoms with Crippen LogP contribution in [0.4, 0.5) is 0 Å². The number of hydrogen-bond donors (Lipinski definition) is 1. The van der Waals surface area contributed by atoms with Crippen molar-refractivity contribution >= 4 is 11.8 Å². The summed E-state index contributed by atoms with van der Waals surface area (Å²) < 4.78 is 11.8.